The molecule has 0 bridgehead atoms. The number of furan rings is 1. The zero-order chi connectivity index (χ0) is 17.6. The molecule has 0 spiro atoms. The van der Waals surface area contributed by atoms with Crippen molar-refractivity contribution in [1.29, 1.82) is 0 Å². The summed E-state index contributed by atoms with van der Waals surface area (Å²) in [7, 11) is 0. The average Bonchev–Trinajstić information content (AvgIpc) is 3.20. The van der Waals surface area contributed by atoms with Crippen LogP contribution in [0.5, 0.6) is 0 Å². The van der Waals surface area contributed by atoms with Gasteiger partial charge in [0.1, 0.15) is 12.0 Å². The number of fused-ring (bicyclic) bond motifs is 1. The van der Waals surface area contributed by atoms with Crippen LogP contribution in [0.25, 0.3) is 0 Å². The highest BCUT2D eigenvalue weighted by Gasteiger charge is 2.39. The second-order valence-electron chi connectivity index (χ2n) is 6.58. The van der Waals surface area contributed by atoms with Crippen LogP contribution in [0.2, 0.25) is 5.02 Å². The largest absolute Gasteiger partial charge is 0.468 e. The van der Waals surface area contributed by atoms with E-state index in [2.05, 4.69) is 0 Å². The van der Waals surface area contributed by atoms with E-state index in [0.717, 1.165) is 12.0 Å². The van der Waals surface area contributed by atoms with Gasteiger partial charge in [-0.25, -0.2) is 0 Å². The van der Waals surface area contributed by atoms with Gasteiger partial charge in [-0.15, -0.1) is 0 Å². The third-order valence-corrected chi connectivity index (χ3v) is 5.27. The fourth-order valence-corrected chi connectivity index (χ4v) is 3.93. The van der Waals surface area contributed by atoms with E-state index < -0.39 is 12.1 Å². The number of carbonyl (C=O) groups is 2. The second-order valence-corrected chi connectivity index (χ2v) is 7.01. The molecule has 1 amide bonds. The first-order valence-electron chi connectivity index (χ1n) is 8.44. The van der Waals surface area contributed by atoms with E-state index in [1.807, 2.05) is 12.1 Å². The SMILES string of the molecule is O=C1CCCc2occ(C(=O)N3CC[C@@H](O)[C@H]3c3ccc(Cl)cc3)c21. The standard InChI is InChI=1S/C19H18ClNO4/c20-12-6-4-11(5-7-12)18-15(23)8-9-21(18)19(24)13-10-25-16-3-1-2-14(22)17(13)16/h4-7,10,15,18,23H,1-3,8-9H2/t15-,18-/m1/s1. The van der Waals surface area contributed by atoms with Gasteiger partial charge in [-0.05, 0) is 30.5 Å². The molecule has 1 aromatic carbocycles. The highest BCUT2D eigenvalue weighted by Crippen LogP contribution is 2.36. The third kappa shape index (κ3) is 2.77. The molecule has 2 heterocycles. The molecule has 1 fully saturated rings. The van der Waals surface area contributed by atoms with Gasteiger partial charge in [0, 0.05) is 24.4 Å². The van der Waals surface area contributed by atoms with Crippen molar-refractivity contribution in [2.45, 2.75) is 37.8 Å². The van der Waals surface area contributed by atoms with Crippen LogP contribution in [0.3, 0.4) is 0 Å². The van der Waals surface area contributed by atoms with Crippen LogP contribution in [0.15, 0.2) is 34.9 Å². The number of aliphatic hydroxyl groups is 1. The highest BCUT2D eigenvalue weighted by molar-refractivity contribution is 6.30. The van der Waals surface area contributed by atoms with Gasteiger partial charge in [-0.1, -0.05) is 23.7 Å². The average molecular weight is 360 g/mol. The molecule has 2 aliphatic rings. The van der Waals surface area contributed by atoms with Gasteiger partial charge < -0.3 is 14.4 Å². The number of halogens is 1. The molecular formula is C19H18ClNO4. The molecule has 6 heteroatoms. The number of amides is 1. The molecule has 2 aromatic rings. The van der Waals surface area contributed by atoms with E-state index in [0.29, 0.717) is 47.7 Å². The zero-order valence-electron chi connectivity index (χ0n) is 13.6. The topological polar surface area (TPSA) is 70.8 Å². The van der Waals surface area contributed by atoms with Gasteiger partial charge in [-0.3, -0.25) is 9.59 Å². The minimum Gasteiger partial charge on any atom is -0.468 e. The van der Waals surface area contributed by atoms with Gasteiger partial charge in [0.25, 0.3) is 5.91 Å². The van der Waals surface area contributed by atoms with Crippen LogP contribution in [-0.2, 0) is 6.42 Å². The molecule has 0 radical (unpaired) electrons. The number of hydrogen-bond acceptors (Lipinski definition) is 4. The summed E-state index contributed by atoms with van der Waals surface area (Å²) in [5.74, 6) is 0.292. The van der Waals surface area contributed by atoms with Gasteiger partial charge in [0.15, 0.2) is 5.78 Å². The van der Waals surface area contributed by atoms with Crippen LogP contribution in [0.1, 0.15) is 57.3 Å². The lowest BCUT2D eigenvalue weighted by Gasteiger charge is -2.27. The molecule has 1 aromatic heterocycles. The number of aryl methyl sites for hydroxylation is 1. The van der Waals surface area contributed by atoms with Crippen molar-refractivity contribution in [3.63, 3.8) is 0 Å². The summed E-state index contributed by atoms with van der Waals surface area (Å²) in [5.41, 5.74) is 1.56. The second kappa shape index (κ2) is 6.32. The lowest BCUT2D eigenvalue weighted by Crippen LogP contribution is -2.34. The van der Waals surface area contributed by atoms with Crippen molar-refractivity contribution in [1.82, 2.24) is 4.90 Å². The number of benzene rings is 1. The maximum absolute atomic E-state index is 13.1. The van der Waals surface area contributed by atoms with E-state index in [1.54, 1.807) is 17.0 Å². The number of nitrogens with zero attached hydrogens (tertiary/aromatic N) is 1. The summed E-state index contributed by atoms with van der Waals surface area (Å²) in [4.78, 5) is 27.0. The maximum Gasteiger partial charge on any atom is 0.258 e. The Kier molecular flexibility index (Phi) is 4.13. The Morgan fingerprint density at radius 2 is 2.00 bits per heavy atom. The lowest BCUT2D eigenvalue weighted by atomic mass is 9.93. The number of Topliss-reactive ketones (excluding diaryl/α,β-unsaturated/α-hetero) is 1. The number of likely N-dealkylation sites (tertiary alicyclic amines) is 1. The van der Waals surface area contributed by atoms with Crippen LogP contribution >= 0.6 is 11.6 Å². The molecule has 5 nitrogen and oxygen atoms in total. The fraction of sp³-hybridized carbons (Fsp3) is 0.368. The van der Waals surface area contributed by atoms with E-state index in [-0.39, 0.29) is 11.7 Å². The monoisotopic (exact) mass is 359 g/mol. The molecule has 130 valence electrons. The molecule has 1 aliphatic carbocycles. The fourth-order valence-electron chi connectivity index (χ4n) is 3.80. The van der Waals surface area contributed by atoms with E-state index in [1.165, 1.54) is 6.26 Å². The number of hydrogen-bond donors (Lipinski definition) is 1. The normalized spacial score (nSPS) is 23.0. The van der Waals surface area contributed by atoms with Crippen LogP contribution < -0.4 is 0 Å². The van der Waals surface area contributed by atoms with Crippen molar-refractivity contribution >= 4 is 23.3 Å². The quantitative estimate of drug-likeness (QED) is 0.892. The minimum absolute atomic E-state index is 0.0406. The third-order valence-electron chi connectivity index (χ3n) is 5.02. The zero-order valence-corrected chi connectivity index (χ0v) is 14.3. The highest BCUT2D eigenvalue weighted by atomic mass is 35.5. The first-order valence-corrected chi connectivity index (χ1v) is 8.82. The molecule has 1 saturated heterocycles. The minimum atomic E-state index is -0.649. The predicted molar refractivity (Wildman–Crippen MR) is 91.8 cm³/mol. The van der Waals surface area contributed by atoms with Crippen molar-refractivity contribution < 1.29 is 19.1 Å². The molecule has 0 saturated carbocycles. The Hall–Kier alpha value is -2.11. The number of ketones is 1. The summed E-state index contributed by atoms with van der Waals surface area (Å²) in [6, 6.07) is 6.67. The van der Waals surface area contributed by atoms with Gasteiger partial charge >= 0.3 is 0 Å². The summed E-state index contributed by atoms with van der Waals surface area (Å²) < 4.78 is 5.47. The maximum atomic E-state index is 13.1. The molecule has 0 unspecified atom stereocenters. The summed E-state index contributed by atoms with van der Waals surface area (Å²) in [6.45, 7) is 0.432. The first-order chi connectivity index (χ1) is 12.1. The van der Waals surface area contributed by atoms with Gasteiger partial charge in [-0.2, -0.15) is 0 Å². The molecule has 4 rings (SSSR count). The first kappa shape index (κ1) is 16.4. The van der Waals surface area contributed by atoms with Gasteiger partial charge in [0.05, 0.1) is 23.3 Å². The molecule has 1 N–H and O–H groups in total. The number of aliphatic hydroxyl groups excluding tert-OH is 1. The molecule has 1 aliphatic heterocycles. The molecule has 2 atom stereocenters. The summed E-state index contributed by atoms with van der Waals surface area (Å²) in [6.07, 6.45) is 3.10. The Labute approximate surface area is 150 Å². The van der Waals surface area contributed by atoms with E-state index in [4.69, 9.17) is 16.0 Å². The number of rotatable bonds is 2. The Bertz CT molecular complexity index is 826. The van der Waals surface area contributed by atoms with E-state index >= 15 is 0 Å². The molecule has 25 heavy (non-hydrogen) atoms. The smallest absolute Gasteiger partial charge is 0.258 e. The summed E-state index contributed by atoms with van der Waals surface area (Å²) in [5, 5.41) is 11.0. The van der Waals surface area contributed by atoms with Crippen molar-refractivity contribution in [3.8, 4) is 0 Å². The lowest BCUT2D eigenvalue weighted by molar-refractivity contribution is 0.0634. The van der Waals surface area contributed by atoms with Crippen molar-refractivity contribution in [2.75, 3.05) is 6.54 Å². The van der Waals surface area contributed by atoms with Crippen LogP contribution in [0.4, 0.5) is 0 Å². The Balaban J connectivity index is 1.69. The Morgan fingerprint density at radius 3 is 2.76 bits per heavy atom. The predicted octanol–water partition coefficient (Wildman–Crippen LogP) is 3.40. The van der Waals surface area contributed by atoms with Crippen molar-refractivity contribution in [2.24, 2.45) is 0 Å². The molecular weight excluding hydrogens is 342 g/mol. The number of carbonyl (C=O) groups excluding carboxylic acids is 2. The van der Waals surface area contributed by atoms with E-state index in [9.17, 15) is 14.7 Å². The summed E-state index contributed by atoms with van der Waals surface area (Å²) >= 11 is 5.94. The van der Waals surface area contributed by atoms with Crippen LogP contribution in [-0.4, -0.2) is 34.3 Å². The van der Waals surface area contributed by atoms with Crippen LogP contribution in [0, 0.1) is 0 Å². The van der Waals surface area contributed by atoms with Crippen molar-refractivity contribution in [3.05, 3.63) is 58.0 Å². The Morgan fingerprint density at radius 1 is 1.24 bits per heavy atom. The van der Waals surface area contributed by atoms with Gasteiger partial charge in [0.2, 0.25) is 0 Å².